The number of aromatic nitrogens is 1. The quantitative estimate of drug-likeness (QED) is 0.0309. The molecular formula is C57H68FN5O15. The fraction of sp³-hybridized carbons (Fsp3) is 0.474. The number of aliphatic hydroxyl groups excluding tert-OH is 2. The largest absolute Gasteiger partial charge is 0.507 e. The molecule has 20 nitrogen and oxygen atoms in total. The number of rotatable bonds is 8. The number of fused-ring (bicyclic) bond motifs is 15. The molecule has 4 aliphatic heterocycles. The van der Waals surface area contributed by atoms with Gasteiger partial charge in [0.1, 0.15) is 28.9 Å². The van der Waals surface area contributed by atoms with Gasteiger partial charge in [0.25, 0.3) is 17.2 Å². The first-order valence-electron chi connectivity index (χ1n) is 26.0. The number of carbonyl (C=O) groups is 4. The van der Waals surface area contributed by atoms with E-state index in [4.69, 9.17) is 18.9 Å². The summed E-state index contributed by atoms with van der Waals surface area (Å²) in [7, 11) is 3.05. The standard InChI is InChI=1S/C57H68FN5O15/c1-25-13-12-14-26(2)54(71)60-43-37(22-59-61(10)34-17-19-62(23-34)45-28(4)44-35(33-15-16-33)21-36(56(73)74)55(72)63(44)24-38(45)58)49(68)40-41(50(43)69)48(67)31(7)52-42(40)53(70)57(9,78-52)76-20-18-39(75-11)27(3)51(77-32(8)64)30(6)47(66)29(5)46(25)65/h12-14,18,20-22,24-25,27,29-30,33-34,39,46-47,51,65-69H,15-17,19,23H2,1-11H3,(H,60,71)(H,73,74)/b13-12+,20-18+,26-14-,59-22+/t25-,27+,29+,30+,34?,39-,46-,47+,51+,57-/m0/s1. The molecule has 1 amide bonds. The molecule has 4 aromatic rings. The molecule has 21 heteroatoms. The Balaban J connectivity index is 1.20. The molecule has 1 saturated carbocycles. The first kappa shape index (κ1) is 56.7. The van der Waals surface area contributed by atoms with E-state index in [0.29, 0.717) is 29.6 Å². The number of nitrogens with one attached hydrogen (secondary N) is 1. The van der Waals surface area contributed by atoms with Crippen LogP contribution in [0.5, 0.6) is 23.0 Å². The maximum absolute atomic E-state index is 16.2. The number of ketones is 1. The molecule has 7 N–H and O–H groups in total. The molecule has 10 atom stereocenters. The Morgan fingerprint density at radius 3 is 2.28 bits per heavy atom. The molecule has 2 fully saturated rings. The summed E-state index contributed by atoms with van der Waals surface area (Å²) in [5.74, 6) is -11.4. The second-order valence-electron chi connectivity index (χ2n) is 21.4. The summed E-state index contributed by atoms with van der Waals surface area (Å²) in [5, 5.41) is 77.5. The Hall–Kier alpha value is -7.49. The number of benzene rings is 2. The van der Waals surface area contributed by atoms with E-state index >= 15 is 4.39 Å². The van der Waals surface area contributed by atoms with Crippen molar-refractivity contribution in [2.75, 3.05) is 37.5 Å². The number of Topliss-reactive ketones (excluding diaryl/α,β-unsaturated/α-hetero) is 1. The van der Waals surface area contributed by atoms with E-state index in [-0.39, 0.29) is 51.5 Å². The maximum Gasteiger partial charge on any atom is 0.341 e. The van der Waals surface area contributed by atoms with Crippen molar-refractivity contribution in [1.82, 2.24) is 9.41 Å². The SMILES string of the molecule is CO[C@H]1/C=C/O[C@@]2(C)Oc3c(C)c(O)c4c(O)c(c(/C=N/N(C)C5CCN(c6c(F)cn7c(=O)c(C(=O)O)cc(C8CC8)c7c6C)C5)c(O)c4c3C2=O)NC(=O)/C(C)=C\C=C\[C@H](C)[C@H](O)[C@@H](C)[C@@H](O)[C@@H](C)[C@H](OC(C)=O)[C@@H]1C. The van der Waals surface area contributed by atoms with Crippen molar-refractivity contribution in [3.05, 3.63) is 98.0 Å². The van der Waals surface area contributed by atoms with Crippen molar-refractivity contribution in [1.29, 1.82) is 0 Å². The number of anilines is 2. The van der Waals surface area contributed by atoms with Crippen LogP contribution in [0.25, 0.3) is 16.3 Å². The van der Waals surface area contributed by atoms with Crippen molar-refractivity contribution < 1.29 is 73.2 Å². The minimum absolute atomic E-state index is 0.0163. The summed E-state index contributed by atoms with van der Waals surface area (Å²) in [6, 6.07) is 0.988. The van der Waals surface area contributed by atoms with Gasteiger partial charge in [-0.15, -0.1) is 0 Å². The number of amides is 1. The van der Waals surface area contributed by atoms with Gasteiger partial charge in [0.15, 0.2) is 11.6 Å². The van der Waals surface area contributed by atoms with Crippen LogP contribution in [0.4, 0.5) is 15.8 Å². The number of hydrogen-bond acceptors (Lipinski definition) is 17. The number of halogens is 1. The molecule has 1 aliphatic carbocycles. The Morgan fingerprint density at radius 1 is 0.949 bits per heavy atom. The molecule has 78 heavy (non-hydrogen) atoms. The number of aryl methyl sites for hydroxylation is 1. The van der Waals surface area contributed by atoms with Gasteiger partial charge in [0, 0.05) is 81.3 Å². The minimum atomic E-state index is -2.15. The molecular weight excluding hydrogens is 1010 g/mol. The van der Waals surface area contributed by atoms with Crippen LogP contribution in [0, 0.1) is 43.3 Å². The normalized spacial score (nSPS) is 28.6. The molecule has 5 bridgehead atoms. The Morgan fingerprint density at radius 2 is 1.64 bits per heavy atom. The van der Waals surface area contributed by atoms with Gasteiger partial charge in [-0.3, -0.25) is 28.6 Å². The molecule has 0 radical (unpaired) electrons. The highest BCUT2D eigenvalue weighted by Gasteiger charge is 2.50. The monoisotopic (exact) mass is 1080 g/mol. The topological polar surface area (TPSA) is 279 Å². The van der Waals surface area contributed by atoms with E-state index in [1.165, 1.54) is 59.2 Å². The van der Waals surface area contributed by atoms with E-state index in [1.807, 2.05) is 4.90 Å². The van der Waals surface area contributed by atoms with Gasteiger partial charge in [-0.1, -0.05) is 45.9 Å². The van der Waals surface area contributed by atoms with Crippen LogP contribution in [0.15, 0.2) is 58.3 Å². The Kier molecular flexibility index (Phi) is 15.8. The zero-order valence-corrected chi connectivity index (χ0v) is 45.5. The number of phenols is 3. The molecule has 2 aromatic heterocycles. The Labute approximate surface area is 449 Å². The van der Waals surface area contributed by atoms with Crippen molar-refractivity contribution in [2.45, 2.75) is 124 Å². The highest BCUT2D eigenvalue weighted by molar-refractivity contribution is 6.24. The van der Waals surface area contributed by atoms with E-state index in [9.17, 15) is 54.6 Å². The van der Waals surface area contributed by atoms with Crippen LogP contribution in [0.2, 0.25) is 0 Å². The third kappa shape index (κ3) is 10.1. The van der Waals surface area contributed by atoms with Gasteiger partial charge in [0.2, 0.25) is 0 Å². The Bertz CT molecular complexity index is 3310. The third-order valence-corrected chi connectivity index (χ3v) is 16.1. The number of ether oxygens (including phenoxy) is 4. The van der Waals surface area contributed by atoms with Gasteiger partial charge < -0.3 is 59.8 Å². The fourth-order valence-corrected chi connectivity index (χ4v) is 11.3. The average Bonchev–Trinajstić information content (AvgIpc) is 4.25. The molecule has 1 saturated heterocycles. The number of pyridine rings is 2. The van der Waals surface area contributed by atoms with Gasteiger partial charge in [-0.25, -0.2) is 9.18 Å². The van der Waals surface area contributed by atoms with Crippen LogP contribution >= 0.6 is 0 Å². The number of hydrogen-bond donors (Lipinski definition) is 7. The van der Waals surface area contributed by atoms with Crippen LogP contribution in [-0.4, -0.2) is 133 Å². The predicted octanol–water partition coefficient (Wildman–Crippen LogP) is 6.93. The summed E-state index contributed by atoms with van der Waals surface area (Å²) >= 11 is 0. The summed E-state index contributed by atoms with van der Waals surface area (Å²) in [6.07, 6.45) is 7.38. The second-order valence-corrected chi connectivity index (χ2v) is 21.4. The second kappa shape index (κ2) is 21.7. The number of carboxylic acids is 1. The van der Waals surface area contributed by atoms with Crippen molar-refractivity contribution >= 4 is 57.5 Å². The summed E-state index contributed by atoms with van der Waals surface area (Å²) in [6.45, 7) is 14.5. The number of phenolic OH excluding ortho intramolecular Hbond substituents is 3. The smallest absolute Gasteiger partial charge is 0.341 e. The molecule has 0 spiro atoms. The number of allylic oxidation sites excluding steroid dienone is 2. The van der Waals surface area contributed by atoms with E-state index in [1.54, 1.807) is 58.8 Å². The van der Waals surface area contributed by atoms with Gasteiger partial charge in [0.05, 0.1) is 76.4 Å². The summed E-state index contributed by atoms with van der Waals surface area (Å²) < 4.78 is 41.1. The van der Waals surface area contributed by atoms with E-state index in [2.05, 4.69) is 10.4 Å². The lowest BCUT2D eigenvalue weighted by Gasteiger charge is -2.38. The number of aliphatic hydroxyl groups is 2. The molecule has 6 heterocycles. The van der Waals surface area contributed by atoms with Crippen LogP contribution in [0.1, 0.15) is 117 Å². The maximum atomic E-state index is 16.2. The fourth-order valence-electron chi connectivity index (χ4n) is 11.3. The third-order valence-electron chi connectivity index (χ3n) is 16.1. The molecule has 418 valence electrons. The van der Waals surface area contributed by atoms with E-state index in [0.717, 1.165) is 29.7 Å². The van der Waals surface area contributed by atoms with Gasteiger partial charge in [-0.2, -0.15) is 5.10 Å². The van der Waals surface area contributed by atoms with Gasteiger partial charge in [-0.05, 0) is 69.2 Å². The lowest BCUT2D eigenvalue weighted by Crippen LogP contribution is -2.46. The number of methoxy groups -OCH3 is 1. The zero-order valence-electron chi connectivity index (χ0n) is 45.5. The number of aromatic hydroxyl groups is 3. The highest BCUT2D eigenvalue weighted by Crippen LogP contribution is 2.55. The zero-order chi connectivity index (χ0) is 57.1. The van der Waals surface area contributed by atoms with Crippen molar-refractivity contribution in [3.63, 3.8) is 0 Å². The number of likely N-dealkylation sites (N-methyl/N-ethyl adjacent to an activating group) is 1. The summed E-state index contributed by atoms with van der Waals surface area (Å²) in [4.78, 5) is 68.4. The lowest BCUT2D eigenvalue weighted by atomic mass is 9.78. The average molecular weight is 1080 g/mol. The van der Waals surface area contributed by atoms with Crippen LogP contribution in [0.3, 0.4) is 0 Å². The predicted molar refractivity (Wildman–Crippen MR) is 287 cm³/mol. The first-order valence-corrected chi connectivity index (χ1v) is 26.0. The van der Waals surface area contributed by atoms with Crippen molar-refractivity contribution in [2.24, 2.45) is 28.8 Å². The number of hydrazone groups is 1. The molecule has 9 rings (SSSR count). The lowest BCUT2D eigenvalue weighted by molar-refractivity contribution is -0.160. The number of carboxylic acid groups (broad SMARTS) is 1. The molecule has 2 aromatic carbocycles. The molecule has 1 unspecified atom stereocenters. The number of aromatic carboxylic acids is 1. The number of carbonyl (C=O) groups excluding carboxylic acids is 3. The minimum Gasteiger partial charge on any atom is -0.507 e. The highest BCUT2D eigenvalue weighted by atomic mass is 19.1. The number of esters is 1. The molecule has 5 aliphatic rings. The first-order chi connectivity index (χ1) is 36.7. The van der Waals surface area contributed by atoms with Crippen LogP contribution < -0.4 is 20.5 Å². The van der Waals surface area contributed by atoms with Crippen molar-refractivity contribution in [3.8, 4) is 23.0 Å². The number of nitrogens with zero attached hydrogens (tertiary/aromatic N) is 4. The summed E-state index contributed by atoms with van der Waals surface area (Å²) in [5.41, 5.74) is -0.328. The van der Waals surface area contributed by atoms with Gasteiger partial charge >= 0.3 is 17.7 Å². The van der Waals surface area contributed by atoms with Crippen LogP contribution in [-0.2, 0) is 23.8 Å². The van der Waals surface area contributed by atoms with E-state index < -0.39 is 129 Å².